The van der Waals surface area contributed by atoms with Gasteiger partial charge in [0, 0.05) is 25.2 Å². The Kier molecular flexibility index (Phi) is 5.73. The smallest absolute Gasteiger partial charge is 0.335 e. The van der Waals surface area contributed by atoms with E-state index in [0.717, 1.165) is 19.3 Å². The van der Waals surface area contributed by atoms with Crippen molar-refractivity contribution in [3.63, 3.8) is 0 Å². The van der Waals surface area contributed by atoms with Crippen LogP contribution in [0.25, 0.3) is 0 Å². The zero-order valence-electron chi connectivity index (χ0n) is 13.2. The molecule has 6 nitrogen and oxygen atoms in total. The maximum Gasteiger partial charge on any atom is 0.335 e. The van der Waals surface area contributed by atoms with Gasteiger partial charge in [0.1, 0.15) is 0 Å². The van der Waals surface area contributed by atoms with Crippen LogP contribution in [0.3, 0.4) is 0 Å². The summed E-state index contributed by atoms with van der Waals surface area (Å²) in [6.45, 7) is 3.10. The van der Waals surface area contributed by atoms with Gasteiger partial charge in [0.2, 0.25) is 11.8 Å². The van der Waals surface area contributed by atoms with E-state index in [4.69, 9.17) is 5.11 Å². The number of carboxylic acids is 1. The fourth-order valence-corrected chi connectivity index (χ4v) is 2.76. The molecule has 1 atom stereocenters. The Bertz CT molecular complexity index is 600. The van der Waals surface area contributed by atoms with Gasteiger partial charge >= 0.3 is 5.97 Å². The van der Waals surface area contributed by atoms with E-state index in [1.54, 1.807) is 17.0 Å². The number of carbonyl (C=O) groups is 3. The summed E-state index contributed by atoms with van der Waals surface area (Å²) in [5.74, 6) is -1.35. The Morgan fingerprint density at radius 3 is 2.83 bits per heavy atom. The Morgan fingerprint density at radius 1 is 1.35 bits per heavy atom. The molecule has 1 fully saturated rings. The van der Waals surface area contributed by atoms with Crippen molar-refractivity contribution in [1.82, 2.24) is 4.90 Å². The molecular formula is C17H22N2O4. The minimum absolute atomic E-state index is 0.0953. The third-order valence-corrected chi connectivity index (χ3v) is 3.99. The van der Waals surface area contributed by atoms with Crippen molar-refractivity contribution in [2.75, 3.05) is 18.4 Å². The number of hydrogen-bond acceptors (Lipinski definition) is 3. The van der Waals surface area contributed by atoms with Crippen molar-refractivity contribution in [2.45, 2.75) is 32.6 Å². The molecule has 1 heterocycles. The maximum absolute atomic E-state index is 12.4. The SMILES string of the molecule is CCCC(=O)N1CCCC(C(=O)Nc2cccc(C(=O)O)c2)C1. The first-order chi connectivity index (χ1) is 11.0. The number of rotatable bonds is 5. The number of nitrogens with one attached hydrogen (secondary N) is 1. The third-order valence-electron chi connectivity index (χ3n) is 3.99. The van der Waals surface area contributed by atoms with Gasteiger partial charge in [0.15, 0.2) is 0 Å². The van der Waals surface area contributed by atoms with E-state index in [-0.39, 0.29) is 23.3 Å². The van der Waals surface area contributed by atoms with Crippen LogP contribution >= 0.6 is 0 Å². The van der Waals surface area contributed by atoms with Crippen LogP contribution in [-0.2, 0) is 9.59 Å². The number of carbonyl (C=O) groups excluding carboxylic acids is 2. The van der Waals surface area contributed by atoms with Crippen LogP contribution in [0.15, 0.2) is 24.3 Å². The molecule has 0 radical (unpaired) electrons. The number of benzene rings is 1. The summed E-state index contributed by atoms with van der Waals surface area (Å²) in [5.41, 5.74) is 0.595. The van der Waals surface area contributed by atoms with Crippen molar-refractivity contribution in [2.24, 2.45) is 5.92 Å². The maximum atomic E-state index is 12.4. The first kappa shape index (κ1) is 17.0. The number of amides is 2. The van der Waals surface area contributed by atoms with Gasteiger partial charge in [-0.3, -0.25) is 9.59 Å². The van der Waals surface area contributed by atoms with Crippen molar-refractivity contribution in [3.8, 4) is 0 Å². The zero-order chi connectivity index (χ0) is 16.8. The molecule has 0 bridgehead atoms. The molecule has 1 aromatic rings. The Labute approximate surface area is 135 Å². The number of likely N-dealkylation sites (tertiary alicyclic amines) is 1. The highest BCUT2D eigenvalue weighted by Gasteiger charge is 2.28. The van der Waals surface area contributed by atoms with E-state index in [1.165, 1.54) is 12.1 Å². The number of anilines is 1. The number of hydrogen-bond donors (Lipinski definition) is 2. The summed E-state index contributed by atoms with van der Waals surface area (Å²) < 4.78 is 0. The molecule has 1 aromatic carbocycles. The summed E-state index contributed by atoms with van der Waals surface area (Å²) in [6.07, 6.45) is 2.85. The van der Waals surface area contributed by atoms with Gasteiger partial charge in [-0.05, 0) is 37.5 Å². The molecule has 0 aromatic heterocycles. The van der Waals surface area contributed by atoms with Gasteiger partial charge in [-0.15, -0.1) is 0 Å². The van der Waals surface area contributed by atoms with Crippen LogP contribution < -0.4 is 5.32 Å². The van der Waals surface area contributed by atoms with Gasteiger partial charge in [0.25, 0.3) is 0 Å². The second-order valence-electron chi connectivity index (χ2n) is 5.80. The lowest BCUT2D eigenvalue weighted by atomic mass is 9.96. The normalized spacial score (nSPS) is 17.6. The molecular weight excluding hydrogens is 296 g/mol. The molecule has 0 aliphatic carbocycles. The Balaban J connectivity index is 1.98. The van der Waals surface area contributed by atoms with E-state index < -0.39 is 5.97 Å². The third kappa shape index (κ3) is 4.55. The molecule has 2 rings (SSSR count). The lowest BCUT2D eigenvalue weighted by Crippen LogP contribution is -2.43. The van der Waals surface area contributed by atoms with E-state index in [1.807, 2.05) is 6.92 Å². The average molecular weight is 318 g/mol. The van der Waals surface area contributed by atoms with Gasteiger partial charge in [0.05, 0.1) is 11.5 Å². The highest BCUT2D eigenvalue weighted by Crippen LogP contribution is 2.20. The second kappa shape index (κ2) is 7.76. The first-order valence-corrected chi connectivity index (χ1v) is 7.93. The highest BCUT2D eigenvalue weighted by molar-refractivity contribution is 5.95. The van der Waals surface area contributed by atoms with Gasteiger partial charge < -0.3 is 15.3 Å². The molecule has 1 unspecified atom stereocenters. The number of carboxylic acid groups (broad SMARTS) is 1. The second-order valence-corrected chi connectivity index (χ2v) is 5.80. The van der Waals surface area contributed by atoms with Gasteiger partial charge in [-0.2, -0.15) is 0 Å². The predicted octanol–water partition coefficient (Wildman–Crippen LogP) is 2.36. The van der Waals surface area contributed by atoms with E-state index >= 15 is 0 Å². The molecule has 6 heteroatoms. The zero-order valence-corrected chi connectivity index (χ0v) is 13.2. The highest BCUT2D eigenvalue weighted by atomic mass is 16.4. The van der Waals surface area contributed by atoms with Crippen LogP contribution in [0, 0.1) is 5.92 Å². The van der Waals surface area contributed by atoms with E-state index in [0.29, 0.717) is 25.2 Å². The Morgan fingerprint density at radius 2 is 2.13 bits per heavy atom. The van der Waals surface area contributed by atoms with Crippen LogP contribution in [0.2, 0.25) is 0 Å². The standard InChI is InChI=1S/C17H22N2O4/c1-2-5-15(20)19-9-4-7-13(11-19)16(21)18-14-8-3-6-12(10-14)17(22)23/h3,6,8,10,13H,2,4-5,7,9,11H2,1H3,(H,18,21)(H,22,23). The quantitative estimate of drug-likeness (QED) is 0.872. The molecule has 0 saturated carbocycles. The van der Waals surface area contributed by atoms with E-state index in [2.05, 4.69) is 5.32 Å². The molecule has 1 saturated heterocycles. The van der Waals surface area contributed by atoms with Crippen molar-refractivity contribution in [1.29, 1.82) is 0 Å². The van der Waals surface area contributed by atoms with Crippen LogP contribution in [0.5, 0.6) is 0 Å². The van der Waals surface area contributed by atoms with Crippen molar-refractivity contribution >= 4 is 23.5 Å². The number of nitrogens with zero attached hydrogens (tertiary/aromatic N) is 1. The summed E-state index contributed by atoms with van der Waals surface area (Å²) >= 11 is 0. The molecule has 2 amide bonds. The lowest BCUT2D eigenvalue weighted by Gasteiger charge is -2.32. The Hall–Kier alpha value is -2.37. The summed E-state index contributed by atoms with van der Waals surface area (Å²) in [5, 5.41) is 11.7. The minimum atomic E-state index is -1.03. The van der Waals surface area contributed by atoms with E-state index in [9.17, 15) is 14.4 Å². The van der Waals surface area contributed by atoms with Crippen LogP contribution in [0.1, 0.15) is 43.0 Å². The van der Waals surface area contributed by atoms with Crippen molar-refractivity contribution < 1.29 is 19.5 Å². The van der Waals surface area contributed by atoms with Gasteiger partial charge in [-0.25, -0.2) is 4.79 Å². The molecule has 124 valence electrons. The van der Waals surface area contributed by atoms with Crippen molar-refractivity contribution in [3.05, 3.63) is 29.8 Å². The fraction of sp³-hybridized carbons (Fsp3) is 0.471. The monoisotopic (exact) mass is 318 g/mol. The molecule has 1 aliphatic heterocycles. The number of aromatic carboxylic acids is 1. The first-order valence-electron chi connectivity index (χ1n) is 7.93. The van der Waals surface area contributed by atoms with Crippen LogP contribution in [0.4, 0.5) is 5.69 Å². The summed E-state index contributed by atoms with van der Waals surface area (Å²) in [4.78, 5) is 37.1. The van der Waals surface area contributed by atoms with Gasteiger partial charge in [-0.1, -0.05) is 13.0 Å². The lowest BCUT2D eigenvalue weighted by molar-refractivity contribution is -0.134. The average Bonchev–Trinajstić information content (AvgIpc) is 2.55. The molecule has 23 heavy (non-hydrogen) atoms. The number of piperidine rings is 1. The largest absolute Gasteiger partial charge is 0.478 e. The summed E-state index contributed by atoms with van der Waals surface area (Å²) in [6, 6.07) is 6.16. The molecule has 1 aliphatic rings. The minimum Gasteiger partial charge on any atom is -0.478 e. The van der Waals surface area contributed by atoms with Crippen LogP contribution in [-0.4, -0.2) is 40.9 Å². The summed E-state index contributed by atoms with van der Waals surface area (Å²) in [7, 11) is 0. The predicted molar refractivity (Wildman–Crippen MR) is 86.2 cm³/mol. The molecule has 2 N–H and O–H groups in total. The topological polar surface area (TPSA) is 86.7 Å². The fourth-order valence-electron chi connectivity index (χ4n) is 2.76. The molecule has 0 spiro atoms.